The number of amides is 4. The summed E-state index contributed by atoms with van der Waals surface area (Å²) in [6.45, 7) is 1.16. The Bertz CT molecular complexity index is 173. The summed E-state index contributed by atoms with van der Waals surface area (Å²) in [5, 5.41) is 4.96. The van der Waals surface area contributed by atoms with E-state index in [-0.39, 0.29) is 12.1 Å². The molecular formula is C6H11N3O2. The smallest absolute Gasteiger partial charge is 0.325 e. The topological polar surface area (TPSA) is 61.4 Å². The van der Waals surface area contributed by atoms with Gasteiger partial charge in [-0.15, -0.1) is 0 Å². The Hall–Kier alpha value is -1.26. The second-order valence-corrected chi connectivity index (χ2v) is 2.29. The third-order valence-electron chi connectivity index (χ3n) is 1.54. The molecule has 62 valence electrons. The highest BCUT2D eigenvalue weighted by molar-refractivity contribution is 5.93. The molecule has 0 atom stereocenters. The Morgan fingerprint density at radius 3 is 3.00 bits per heavy atom. The van der Waals surface area contributed by atoms with Crippen molar-refractivity contribution in [3.8, 4) is 0 Å². The van der Waals surface area contributed by atoms with Crippen LogP contribution in [0.5, 0.6) is 0 Å². The maximum absolute atomic E-state index is 10.9. The van der Waals surface area contributed by atoms with Gasteiger partial charge in [0, 0.05) is 20.1 Å². The molecule has 1 fully saturated rings. The Kier molecular flexibility index (Phi) is 2.30. The fourth-order valence-corrected chi connectivity index (χ4v) is 0.958. The molecule has 4 amide bonds. The molecule has 0 aliphatic carbocycles. The SMILES string of the molecule is CNC(=O)N1CCCNC1=O. The molecule has 0 spiro atoms. The van der Waals surface area contributed by atoms with Crippen LogP contribution in [0.3, 0.4) is 0 Å². The molecular weight excluding hydrogens is 146 g/mol. The van der Waals surface area contributed by atoms with Crippen LogP contribution in [0.2, 0.25) is 0 Å². The van der Waals surface area contributed by atoms with Gasteiger partial charge in [0.2, 0.25) is 0 Å². The summed E-state index contributed by atoms with van der Waals surface area (Å²) < 4.78 is 0. The standard InChI is InChI=1S/C6H11N3O2/c1-7-5(10)9-4-2-3-8-6(9)11/h2-4H2,1H3,(H,7,10)(H,8,11). The first kappa shape index (κ1) is 7.84. The van der Waals surface area contributed by atoms with Gasteiger partial charge in [-0.2, -0.15) is 0 Å². The number of imide groups is 1. The van der Waals surface area contributed by atoms with Gasteiger partial charge >= 0.3 is 12.1 Å². The number of nitrogens with one attached hydrogen (secondary N) is 2. The predicted octanol–water partition coefficient (Wildman–Crippen LogP) is -0.259. The van der Waals surface area contributed by atoms with E-state index in [1.807, 2.05) is 0 Å². The summed E-state index contributed by atoms with van der Waals surface area (Å²) in [5.74, 6) is 0. The molecule has 0 aromatic rings. The maximum atomic E-state index is 10.9. The normalized spacial score (nSPS) is 17.5. The second kappa shape index (κ2) is 3.23. The molecule has 1 rings (SSSR count). The lowest BCUT2D eigenvalue weighted by Gasteiger charge is -2.24. The van der Waals surface area contributed by atoms with Crippen molar-refractivity contribution in [1.82, 2.24) is 15.5 Å². The lowest BCUT2D eigenvalue weighted by atomic mass is 10.3. The molecule has 0 unspecified atom stereocenters. The van der Waals surface area contributed by atoms with Crippen molar-refractivity contribution in [3.63, 3.8) is 0 Å². The number of urea groups is 2. The fourth-order valence-electron chi connectivity index (χ4n) is 0.958. The molecule has 1 saturated heterocycles. The Labute approximate surface area is 64.7 Å². The second-order valence-electron chi connectivity index (χ2n) is 2.29. The first-order valence-corrected chi connectivity index (χ1v) is 3.53. The van der Waals surface area contributed by atoms with Gasteiger partial charge in [-0.05, 0) is 6.42 Å². The van der Waals surface area contributed by atoms with Crippen molar-refractivity contribution in [1.29, 1.82) is 0 Å². The zero-order chi connectivity index (χ0) is 8.27. The molecule has 1 aliphatic heterocycles. The molecule has 1 aliphatic rings. The van der Waals surface area contributed by atoms with Gasteiger partial charge in [-0.3, -0.25) is 0 Å². The summed E-state index contributed by atoms with van der Waals surface area (Å²) in [6, 6.07) is -0.655. The number of carbonyl (C=O) groups is 2. The number of carbonyl (C=O) groups excluding carboxylic acids is 2. The molecule has 0 aromatic heterocycles. The molecule has 1 heterocycles. The number of hydrogen-bond donors (Lipinski definition) is 2. The van der Waals surface area contributed by atoms with Crippen LogP contribution in [0.1, 0.15) is 6.42 Å². The van der Waals surface area contributed by atoms with E-state index in [4.69, 9.17) is 0 Å². The highest BCUT2D eigenvalue weighted by Gasteiger charge is 2.22. The minimum Gasteiger partial charge on any atom is -0.341 e. The van der Waals surface area contributed by atoms with Gasteiger partial charge in [0.1, 0.15) is 0 Å². The van der Waals surface area contributed by atoms with Gasteiger partial charge in [0.15, 0.2) is 0 Å². The van der Waals surface area contributed by atoms with Crippen LogP contribution in [0.4, 0.5) is 9.59 Å². The van der Waals surface area contributed by atoms with E-state index in [9.17, 15) is 9.59 Å². The summed E-state index contributed by atoms with van der Waals surface area (Å²) >= 11 is 0. The molecule has 5 heteroatoms. The average molecular weight is 157 g/mol. The minimum absolute atomic E-state index is 0.310. The van der Waals surface area contributed by atoms with E-state index in [1.165, 1.54) is 7.05 Å². The zero-order valence-electron chi connectivity index (χ0n) is 6.39. The highest BCUT2D eigenvalue weighted by Crippen LogP contribution is 1.98. The number of hydrogen-bond acceptors (Lipinski definition) is 2. The average Bonchev–Trinajstić information content (AvgIpc) is 2.04. The Morgan fingerprint density at radius 2 is 2.45 bits per heavy atom. The largest absolute Gasteiger partial charge is 0.341 e. The zero-order valence-corrected chi connectivity index (χ0v) is 6.39. The predicted molar refractivity (Wildman–Crippen MR) is 39.2 cm³/mol. The summed E-state index contributed by atoms with van der Waals surface area (Å²) in [5.41, 5.74) is 0. The minimum atomic E-state index is -0.345. The lowest BCUT2D eigenvalue weighted by Crippen LogP contribution is -2.52. The molecule has 0 saturated carbocycles. The van der Waals surface area contributed by atoms with Crippen LogP contribution in [-0.4, -0.2) is 37.1 Å². The van der Waals surface area contributed by atoms with Gasteiger partial charge < -0.3 is 10.6 Å². The van der Waals surface area contributed by atoms with Crippen molar-refractivity contribution in [3.05, 3.63) is 0 Å². The molecule has 2 N–H and O–H groups in total. The van der Waals surface area contributed by atoms with E-state index < -0.39 is 0 Å². The molecule has 0 radical (unpaired) electrons. The summed E-state index contributed by atoms with van der Waals surface area (Å²) in [6.07, 6.45) is 0.819. The third-order valence-corrected chi connectivity index (χ3v) is 1.54. The Balaban J connectivity index is 2.54. The van der Waals surface area contributed by atoms with Crippen LogP contribution in [0.25, 0.3) is 0 Å². The van der Waals surface area contributed by atoms with Gasteiger partial charge in [0.05, 0.1) is 0 Å². The first-order chi connectivity index (χ1) is 5.25. The van der Waals surface area contributed by atoms with E-state index in [1.54, 1.807) is 0 Å². The molecule has 11 heavy (non-hydrogen) atoms. The van der Waals surface area contributed by atoms with Crippen LogP contribution in [-0.2, 0) is 0 Å². The quantitative estimate of drug-likeness (QED) is 0.509. The van der Waals surface area contributed by atoms with Gasteiger partial charge in [-0.1, -0.05) is 0 Å². The lowest BCUT2D eigenvalue weighted by molar-refractivity contribution is 0.179. The van der Waals surface area contributed by atoms with E-state index >= 15 is 0 Å². The van der Waals surface area contributed by atoms with E-state index in [0.29, 0.717) is 13.1 Å². The van der Waals surface area contributed by atoms with Crippen molar-refractivity contribution in [2.45, 2.75) is 6.42 Å². The van der Waals surface area contributed by atoms with Gasteiger partial charge in [0.25, 0.3) is 0 Å². The number of nitrogens with zero attached hydrogens (tertiary/aromatic N) is 1. The van der Waals surface area contributed by atoms with Crippen LogP contribution in [0.15, 0.2) is 0 Å². The van der Waals surface area contributed by atoms with Crippen molar-refractivity contribution in [2.75, 3.05) is 20.1 Å². The monoisotopic (exact) mass is 157 g/mol. The highest BCUT2D eigenvalue weighted by atomic mass is 16.2. The fraction of sp³-hybridized carbons (Fsp3) is 0.667. The first-order valence-electron chi connectivity index (χ1n) is 3.53. The third kappa shape index (κ3) is 1.60. The van der Waals surface area contributed by atoms with E-state index in [0.717, 1.165) is 11.3 Å². The maximum Gasteiger partial charge on any atom is 0.325 e. The molecule has 0 aromatic carbocycles. The number of rotatable bonds is 0. The van der Waals surface area contributed by atoms with Crippen LogP contribution in [0, 0.1) is 0 Å². The van der Waals surface area contributed by atoms with Crippen molar-refractivity contribution in [2.24, 2.45) is 0 Å². The van der Waals surface area contributed by atoms with E-state index in [2.05, 4.69) is 10.6 Å². The Morgan fingerprint density at radius 1 is 1.73 bits per heavy atom. The summed E-state index contributed by atoms with van der Waals surface area (Å²) in [7, 11) is 1.50. The molecule has 0 bridgehead atoms. The van der Waals surface area contributed by atoms with Crippen molar-refractivity contribution < 1.29 is 9.59 Å². The summed E-state index contributed by atoms with van der Waals surface area (Å²) in [4.78, 5) is 23.0. The van der Waals surface area contributed by atoms with Crippen molar-refractivity contribution >= 4 is 12.1 Å². The molecule has 5 nitrogen and oxygen atoms in total. The van der Waals surface area contributed by atoms with Crippen LogP contribution >= 0.6 is 0 Å². The van der Waals surface area contributed by atoms with Gasteiger partial charge in [-0.25, -0.2) is 14.5 Å². The van der Waals surface area contributed by atoms with Crippen LogP contribution < -0.4 is 10.6 Å².